The first kappa shape index (κ1) is 13.3. The summed E-state index contributed by atoms with van der Waals surface area (Å²) in [6, 6.07) is 14.6. The summed E-state index contributed by atoms with van der Waals surface area (Å²) in [5.41, 5.74) is 1.07. The van der Waals surface area contributed by atoms with Crippen LogP contribution in [0, 0.1) is 0 Å². The molecule has 0 spiro atoms. The van der Waals surface area contributed by atoms with Crippen LogP contribution in [0.1, 0.15) is 16.7 Å². The Balaban J connectivity index is 2.00. The van der Waals surface area contributed by atoms with Crippen molar-refractivity contribution < 1.29 is 13.2 Å². The van der Waals surface area contributed by atoms with Crippen LogP contribution in [0.5, 0.6) is 0 Å². The quantitative estimate of drug-likeness (QED) is 0.731. The van der Waals surface area contributed by atoms with Crippen molar-refractivity contribution >= 4 is 6.21 Å². The summed E-state index contributed by atoms with van der Waals surface area (Å²) in [7, 11) is 0. The van der Waals surface area contributed by atoms with Crippen molar-refractivity contribution in [2.75, 3.05) is 0 Å². The molecule has 4 heteroatoms. The van der Waals surface area contributed by atoms with Crippen LogP contribution in [0.25, 0.3) is 0 Å². The van der Waals surface area contributed by atoms with E-state index in [4.69, 9.17) is 0 Å². The Morgan fingerprint density at radius 1 is 0.895 bits per heavy atom. The molecule has 0 N–H and O–H groups in total. The van der Waals surface area contributed by atoms with Gasteiger partial charge in [-0.25, -0.2) is 0 Å². The Morgan fingerprint density at radius 3 is 2.11 bits per heavy atom. The molecule has 0 amide bonds. The minimum Gasteiger partial charge on any atom is -0.288 e. The molecule has 0 aliphatic carbocycles. The van der Waals surface area contributed by atoms with E-state index in [0.717, 1.165) is 17.7 Å². The van der Waals surface area contributed by atoms with Crippen LogP contribution >= 0.6 is 0 Å². The topological polar surface area (TPSA) is 12.4 Å². The molecule has 0 saturated heterocycles. The molecule has 0 radical (unpaired) electrons. The lowest BCUT2D eigenvalue weighted by Gasteiger charge is -2.05. The molecule has 1 nitrogen and oxygen atoms in total. The van der Waals surface area contributed by atoms with Crippen LogP contribution in [-0.4, -0.2) is 6.21 Å². The molecule has 0 fully saturated rings. The maximum absolute atomic E-state index is 12.4. The van der Waals surface area contributed by atoms with Gasteiger partial charge < -0.3 is 0 Å². The van der Waals surface area contributed by atoms with Crippen LogP contribution in [0.3, 0.4) is 0 Å². The van der Waals surface area contributed by atoms with Crippen LogP contribution < -0.4 is 0 Å². The Bertz CT molecular complexity index is 542. The molecular formula is C15H12F3N. The van der Waals surface area contributed by atoms with E-state index in [1.165, 1.54) is 12.1 Å². The van der Waals surface area contributed by atoms with Crippen LogP contribution in [0.15, 0.2) is 59.6 Å². The Kier molecular flexibility index (Phi) is 4.00. The zero-order valence-electron chi connectivity index (χ0n) is 10.1. The summed E-state index contributed by atoms with van der Waals surface area (Å²) in [6.07, 6.45) is -2.72. The van der Waals surface area contributed by atoms with Crippen molar-refractivity contribution in [2.24, 2.45) is 4.99 Å². The number of rotatable bonds is 3. The first-order valence-electron chi connectivity index (χ1n) is 5.77. The highest BCUT2D eigenvalue weighted by Crippen LogP contribution is 2.28. The maximum atomic E-state index is 12.4. The normalized spacial score (nSPS) is 11.9. The molecule has 0 heterocycles. The monoisotopic (exact) mass is 263 g/mol. The Hall–Kier alpha value is -2.10. The summed E-state index contributed by atoms with van der Waals surface area (Å²) in [4.78, 5) is 4.20. The van der Waals surface area contributed by atoms with E-state index in [2.05, 4.69) is 4.99 Å². The summed E-state index contributed by atoms with van der Waals surface area (Å²) >= 11 is 0. The first-order chi connectivity index (χ1) is 9.05. The van der Waals surface area contributed by atoms with E-state index in [-0.39, 0.29) is 0 Å². The van der Waals surface area contributed by atoms with E-state index in [1.54, 1.807) is 6.21 Å². The highest BCUT2D eigenvalue weighted by Gasteiger charge is 2.29. The minimum atomic E-state index is -4.29. The van der Waals surface area contributed by atoms with E-state index in [1.807, 2.05) is 30.3 Å². The minimum absolute atomic E-state index is 0.516. The summed E-state index contributed by atoms with van der Waals surface area (Å²) in [5.74, 6) is 0. The van der Waals surface area contributed by atoms with Gasteiger partial charge in [-0.2, -0.15) is 13.2 Å². The van der Waals surface area contributed by atoms with Gasteiger partial charge in [-0.3, -0.25) is 4.99 Å². The van der Waals surface area contributed by atoms with Gasteiger partial charge in [0.05, 0.1) is 12.1 Å². The van der Waals surface area contributed by atoms with Gasteiger partial charge in [0.25, 0.3) is 0 Å². The molecule has 98 valence electrons. The van der Waals surface area contributed by atoms with Crippen molar-refractivity contribution in [1.82, 2.24) is 0 Å². The highest BCUT2D eigenvalue weighted by molar-refractivity contribution is 5.79. The van der Waals surface area contributed by atoms with Crippen molar-refractivity contribution in [3.05, 3.63) is 71.3 Å². The molecule has 2 rings (SSSR count). The SMILES string of the molecule is FC(F)(F)c1ccc(C=NCc2ccccc2)cc1. The lowest BCUT2D eigenvalue weighted by molar-refractivity contribution is -0.137. The molecule has 0 atom stereocenters. The van der Waals surface area contributed by atoms with Crippen LogP contribution in [0.2, 0.25) is 0 Å². The second-order valence-corrected chi connectivity index (χ2v) is 4.08. The van der Waals surface area contributed by atoms with Crippen molar-refractivity contribution in [1.29, 1.82) is 0 Å². The van der Waals surface area contributed by atoms with Crippen molar-refractivity contribution in [3.63, 3.8) is 0 Å². The van der Waals surface area contributed by atoms with Gasteiger partial charge in [-0.05, 0) is 23.3 Å². The molecule has 0 saturated carbocycles. The fourth-order valence-electron chi connectivity index (χ4n) is 1.60. The van der Waals surface area contributed by atoms with Crippen molar-refractivity contribution in [3.8, 4) is 0 Å². The van der Waals surface area contributed by atoms with Gasteiger partial charge >= 0.3 is 6.18 Å². The van der Waals surface area contributed by atoms with Crippen LogP contribution in [-0.2, 0) is 12.7 Å². The zero-order valence-corrected chi connectivity index (χ0v) is 10.1. The maximum Gasteiger partial charge on any atom is 0.416 e. The number of benzene rings is 2. The number of halogens is 3. The summed E-state index contributed by atoms with van der Waals surface area (Å²) in [5, 5.41) is 0. The largest absolute Gasteiger partial charge is 0.416 e. The molecular weight excluding hydrogens is 251 g/mol. The number of alkyl halides is 3. The zero-order chi connectivity index (χ0) is 13.7. The van der Waals surface area contributed by atoms with Gasteiger partial charge in [-0.1, -0.05) is 42.5 Å². The number of aliphatic imine (C=N–C) groups is 1. The third-order valence-electron chi connectivity index (χ3n) is 2.60. The molecule has 0 aromatic heterocycles. The predicted octanol–water partition coefficient (Wildman–Crippen LogP) is 4.32. The Labute approximate surface area is 109 Å². The standard InChI is InChI=1S/C15H12F3N/c16-15(17,18)14-8-6-13(7-9-14)11-19-10-12-4-2-1-3-5-12/h1-9,11H,10H2. The van der Waals surface area contributed by atoms with Crippen molar-refractivity contribution in [2.45, 2.75) is 12.7 Å². The molecule has 0 bridgehead atoms. The average molecular weight is 263 g/mol. The third kappa shape index (κ3) is 3.95. The van der Waals surface area contributed by atoms with E-state index >= 15 is 0 Å². The fraction of sp³-hybridized carbons (Fsp3) is 0.133. The fourth-order valence-corrected chi connectivity index (χ4v) is 1.60. The van der Waals surface area contributed by atoms with E-state index in [9.17, 15) is 13.2 Å². The molecule has 0 aliphatic heterocycles. The Morgan fingerprint density at radius 2 is 1.53 bits per heavy atom. The summed E-state index contributed by atoms with van der Waals surface area (Å²) in [6.45, 7) is 0.516. The molecule has 0 aliphatic rings. The number of hydrogen-bond acceptors (Lipinski definition) is 1. The molecule has 2 aromatic carbocycles. The highest BCUT2D eigenvalue weighted by atomic mass is 19.4. The second kappa shape index (κ2) is 5.69. The van der Waals surface area contributed by atoms with Gasteiger partial charge in [-0.15, -0.1) is 0 Å². The van der Waals surface area contributed by atoms with E-state index in [0.29, 0.717) is 12.1 Å². The molecule has 2 aromatic rings. The average Bonchev–Trinajstić information content (AvgIpc) is 2.39. The third-order valence-corrected chi connectivity index (χ3v) is 2.60. The number of hydrogen-bond donors (Lipinski definition) is 0. The summed E-state index contributed by atoms with van der Waals surface area (Å²) < 4.78 is 37.1. The van der Waals surface area contributed by atoms with Gasteiger partial charge in [0.1, 0.15) is 0 Å². The van der Waals surface area contributed by atoms with E-state index < -0.39 is 11.7 Å². The molecule has 0 unspecified atom stereocenters. The second-order valence-electron chi connectivity index (χ2n) is 4.08. The van der Waals surface area contributed by atoms with Gasteiger partial charge in [0.15, 0.2) is 0 Å². The number of nitrogens with zero attached hydrogens (tertiary/aromatic N) is 1. The predicted molar refractivity (Wildman–Crippen MR) is 69.2 cm³/mol. The van der Waals surface area contributed by atoms with Crippen LogP contribution in [0.4, 0.5) is 13.2 Å². The molecule has 19 heavy (non-hydrogen) atoms. The van der Waals surface area contributed by atoms with Gasteiger partial charge in [0.2, 0.25) is 0 Å². The lowest BCUT2D eigenvalue weighted by atomic mass is 10.1. The van der Waals surface area contributed by atoms with Gasteiger partial charge in [0, 0.05) is 6.21 Å². The smallest absolute Gasteiger partial charge is 0.288 e. The first-order valence-corrected chi connectivity index (χ1v) is 5.77. The lowest BCUT2D eigenvalue weighted by Crippen LogP contribution is -2.04.